The average molecular weight is 691 g/mol. The zero-order valence-corrected chi connectivity index (χ0v) is 26.5. The number of carbonyl (C=O) groups excluding carboxylic acids is 1. The van der Waals surface area contributed by atoms with Crippen LogP contribution in [0, 0.1) is 12.8 Å². The van der Waals surface area contributed by atoms with Crippen molar-refractivity contribution in [1.29, 1.82) is 0 Å². The van der Waals surface area contributed by atoms with Crippen LogP contribution in [0.2, 0.25) is 10.0 Å². The second-order valence-electron chi connectivity index (χ2n) is 10.4. The summed E-state index contributed by atoms with van der Waals surface area (Å²) in [7, 11) is -4.04. The summed E-state index contributed by atoms with van der Waals surface area (Å²) in [5.41, 5.74) is 1.42. The van der Waals surface area contributed by atoms with E-state index < -0.39 is 34.1 Å². The first kappa shape index (κ1) is 32.6. The first-order chi connectivity index (χ1) is 20.9. The summed E-state index contributed by atoms with van der Waals surface area (Å²) < 4.78 is 71.6. The lowest BCUT2D eigenvalue weighted by molar-refractivity contribution is -0.904. The summed E-state index contributed by atoms with van der Waals surface area (Å²) in [5.74, 6) is -0.315. The van der Waals surface area contributed by atoms with Gasteiger partial charge in [-0.2, -0.15) is 13.1 Å². The average Bonchev–Trinajstić information content (AvgIpc) is 3.65. The number of nitrogens with zero attached hydrogens (tertiary/aromatic N) is 2. The van der Waals surface area contributed by atoms with E-state index in [9.17, 15) is 27.2 Å². The van der Waals surface area contributed by atoms with Crippen LogP contribution in [0.4, 0.5) is 8.78 Å². The molecule has 1 N–H and O–H groups in total. The molecule has 0 amide bonds. The Morgan fingerprint density at radius 3 is 2.52 bits per heavy atom. The van der Waals surface area contributed by atoms with Gasteiger partial charge in [0.1, 0.15) is 16.1 Å². The monoisotopic (exact) mass is 689 g/mol. The molecule has 1 aromatic heterocycles. The van der Waals surface area contributed by atoms with Crippen LogP contribution in [0.3, 0.4) is 0 Å². The van der Waals surface area contributed by atoms with Gasteiger partial charge >= 0.3 is 12.6 Å². The lowest BCUT2D eigenvalue weighted by Crippen LogP contribution is -2.40. The van der Waals surface area contributed by atoms with Crippen LogP contribution in [-0.2, 0) is 26.0 Å². The second kappa shape index (κ2) is 13.7. The highest BCUT2D eigenvalue weighted by molar-refractivity contribution is 8.02. The van der Waals surface area contributed by atoms with E-state index in [0.717, 1.165) is 34.5 Å². The predicted octanol–water partition coefficient (Wildman–Crippen LogP) is 5.81. The quantitative estimate of drug-likeness (QED) is 0.144. The Bertz CT molecular complexity index is 1620. The fraction of sp³-hybridized carbons (Fsp3) is 0.379. The fourth-order valence-electron chi connectivity index (χ4n) is 4.67. The molecule has 3 aromatic rings. The molecule has 9 nitrogen and oxygen atoms in total. The maximum absolute atomic E-state index is 13.7. The largest absolute Gasteiger partial charge is 0.489 e. The summed E-state index contributed by atoms with van der Waals surface area (Å²) in [6.45, 7) is -0.931. The number of pyridine rings is 1. The molecule has 2 heterocycles. The van der Waals surface area contributed by atoms with Gasteiger partial charge in [-0.05, 0) is 61.1 Å². The third kappa shape index (κ3) is 7.68. The third-order valence-corrected chi connectivity index (χ3v) is 10.9. The van der Waals surface area contributed by atoms with Crippen molar-refractivity contribution in [3.63, 3.8) is 0 Å². The summed E-state index contributed by atoms with van der Waals surface area (Å²) in [4.78, 5) is 13.8. The number of carbonyl (C=O) groups is 1. The molecule has 5 rings (SSSR count). The molecule has 1 aliphatic carbocycles. The van der Waals surface area contributed by atoms with E-state index in [1.165, 1.54) is 42.7 Å². The van der Waals surface area contributed by atoms with E-state index in [0.29, 0.717) is 34.1 Å². The molecule has 1 saturated heterocycles. The SMILES string of the molecule is Cc1cccc(S(=O)(=O)N2CCS[C@H]2C(=O)OC(Cc2c(Cl)c[n+](O)cc2Cl)c2ccc(OC(F)F)c(OCC3CC3)c2)c1. The Hall–Kier alpha value is -2.84. The summed E-state index contributed by atoms with van der Waals surface area (Å²) in [5, 5.41) is 8.79. The van der Waals surface area contributed by atoms with Crippen LogP contribution >= 0.6 is 35.0 Å². The van der Waals surface area contributed by atoms with Crippen molar-refractivity contribution in [2.45, 2.75) is 49.2 Å². The normalized spacial score (nSPS) is 17.9. The van der Waals surface area contributed by atoms with Crippen molar-refractivity contribution in [3.8, 4) is 11.5 Å². The maximum Gasteiger partial charge on any atom is 0.387 e. The van der Waals surface area contributed by atoms with E-state index in [-0.39, 0.29) is 39.4 Å². The molecule has 0 radical (unpaired) electrons. The van der Waals surface area contributed by atoms with Gasteiger partial charge in [-0.15, -0.1) is 11.8 Å². The zero-order valence-electron chi connectivity index (χ0n) is 23.4. The first-order valence-corrected chi connectivity index (χ1v) is 16.9. The number of aromatic nitrogens is 1. The number of halogens is 4. The molecule has 0 spiro atoms. The van der Waals surface area contributed by atoms with Gasteiger partial charge in [-0.1, -0.05) is 41.4 Å². The highest BCUT2D eigenvalue weighted by Gasteiger charge is 2.42. The topological polar surface area (TPSA) is 106 Å². The van der Waals surface area contributed by atoms with Crippen molar-refractivity contribution in [3.05, 3.63) is 81.6 Å². The molecule has 44 heavy (non-hydrogen) atoms. The van der Waals surface area contributed by atoms with Gasteiger partial charge in [0.05, 0.1) is 11.5 Å². The number of hydrogen-bond acceptors (Lipinski definition) is 8. The van der Waals surface area contributed by atoms with E-state index >= 15 is 0 Å². The van der Waals surface area contributed by atoms with Crippen molar-refractivity contribution in [1.82, 2.24) is 4.31 Å². The fourth-order valence-corrected chi connectivity index (χ4v) is 8.43. The Kier molecular flexibility index (Phi) is 10.1. The minimum Gasteiger partial charge on any atom is -0.489 e. The minimum atomic E-state index is -4.04. The molecular formula is C29H29Cl2F2N2O7S2+. The zero-order chi connectivity index (χ0) is 31.6. The molecule has 1 saturated carbocycles. The molecule has 1 aliphatic heterocycles. The molecule has 2 fully saturated rings. The number of ether oxygens (including phenoxy) is 3. The highest BCUT2D eigenvalue weighted by atomic mass is 35.5. The molecule has 15 heteroatoms. The van der Waals surface area contributed by atoms with Gasteiger partial charge in [-0.3, -0.25) is 5.21 Å². The predicted molar refractivity (Wildman–Crippen MR) is 159 cm³/mol. The van der Waals surface area contributed by atoms with Crippen LogP contribution in [0.1, 0.15) is 35.6 Å². The van der Waals surface area contributed by atoms with E-state index in [4.69, 9.17) is 32.7 Å². The van der Waals surface area contributed by atoms with Crippen molar-refractivity contribution < 1.29 is 46.1 Å². The van der Waals surface area contributed by atoms with Gasteiger partial charge < -0.3 is 14.2 Å². The van der Waals surface area contributed by atoms with Gasteiger partial charge in [0.25, 0.3) is 0 Å². The summed E-state index contributed by atoms with van der Waals surface area (Å²) in [6.07, 6.45) is 3.12. The lowest BCUT2D eigenvalue weighted by Gasteiger charge is -2.26. The number of aryl methyl sites for hydroxylation is 1. The number of benzene rings is 2. The van der Waals surface area contributed by atoms with E-state index in [1.54, 1.807) is 19.1 Å². The Morgan fingerprint density at radius 1 is 1.14 bits per heavy atom. The van der Waals surface area contributed by atoms with Gasteiger partial charge in [0.2, 0.25) is 22.4 Å². The Labute approximate surface area is 267 Å². The molecular weight excluding hydrogens is 661 g/mol. The van der Waals surface area contributed by atoms with E-state index in [1.807, 2.05) is 0 Å². The van der Waals surface area contributed by atoms with Gasteiger partial charge in [0, 0.05) is 29.0 Å². The standard InChI is InChI=1S/C29H29Cl2F2N2O7S2/c1-17-3-2-4-20(11-17)44(38,39)35-9-10-43-27(35)28(36)41-25(13-21-22(30)14-34(37)15-23(21)31)19-7-8-24(42-29(32)33)26(12-19)40-16-18-5-6-18/h2-4,7-8,11-12,14-15,18,25,27,29,37H,5-6,9-10,13,16H2,1H3/q+1/t25?,27-/m0/s1. The van der Waals surface area contributed by atoms with Gasteiger partial charge in [-0.25, -0.2) is 13.2 Å². The molecule has 2 aromatic carbocycles. The summed E-state index contributed by atoms with van der Waals surface area (Å²) >= 11 is 13.9. The number of rotatable bonds is 12. The molecule has 2 atom stereocenters. The van der Waals surface area contributed by atoms with Crippen molar-refractivity contribution >= 4 is 51.0 Å². The molecule has 2 aliphatic rings. The van der Waals surface area contributed by atoms with Gasteiger partial charge in [0.15, 0.2) is 16.9 Å². The summed E-state index contributed by atoms with van der Waals surface area (Å²) in [6, 6.07) is 10.6. The van der Waals surface area contributed by atoms with Crippen LogP contribution < -0.4 is 14.2 Å². The molecule has 0 bridgehead atoms. The maximum atomic E-state index is 13.7. The van der Waals surface area contributed by atoms with Crippen LogP contribution in [0.5, 0.6) is 11.5 Å². The number of alkyl halides is 2. The Balaban J connectivity index is 1.48. The van der Waals surface area contributed by atoms with E-state index in [2.05, 4.69) is 4.74 Å². The number of esters is 1. The lowest BCUT2D eigenvalue weighted by atomic mass is 10.0. The third-order valence-electron chi connectivity index (χ3n) is 7.09. The minimum absolute atomic E-state index is 0.0353. The van der Waals surface area contributed by atoms with Crippen LogP contribution in [0.25, 0.3) is 0 Å². The number of sulfonamides is 1. The smallest absolute Gasteiger partial charge is 0.387 e. The Morgan fingerprint density at radius 2 is 1.86 bits per heavy atom. The van der Waals surface area contributed by atoms with Crippen molar-refractivity contribution in [2.24, 2.45) is 5.92 Å². The van der Waals surface area contributed by atoms with Crippen LogP contribution in [0.15, 0.2) is 59.8 Å². The highest BCUT2D eigenvalue weighted by Crippen LogP contribution is 2.39. The molecule has 236 valence electrons. The second-order valence-corrected chi connectivity index (χ2v) is 14.3. The first-order valence-electron chi connectivity index (χ1n) is 13.6. The number of thioether (sulfide) groups is 1. The molecule has 1 unspecified atom stereocenters. The number of hydrogen-bond donors (Lipinski definition) is 1. The van der Waals surface area contributed by atoms with Crippen LogP contribution in [-0.4, -0.2) is 54.8 Å². The van der Waals surface area contributed by atoms with Crippen molar-refractivity contribution in [2.75, 3.05) is 18.9 Å².